The van der Waals surface area contributed by atoms with Crippen LogP contribution in [0, 0.1) is 11.7 Å². The van der Waals surface area contributed by atoms with E-state index in [1.807, 2.05) is 18.0 Å². The summed E-state index contributed by atoms with van der Waals surface area (Å²) in [4.78, 5) is 19.5. The highest BCUT2D eigenvalue weighted by Crippen LogP contribution is 2.28. The van der Waals surface area contributed by atoms with Crippen LogP contribution in [-0.4, -0.2) is 38.7 Å². The molecule has 0 aliphatic carbocycles. The number of benzene rings is 1. The zero-order chi connectivity index (χ0) is 22.0. The van der Waals surface area contributed by atoms with Crippen LogP contribution in [0.5, 0.6) is 0 Å². The van der Waals surface area contributed by atoms with E-state index in [0.29, 0.717) is 30.5 Å². The summed E-state index contributed by atoms with van der Waals surface area (Å²) in [6.07, 6.45) is 5.00. The molecule has 4 rings (SSSR count). The molecule has 1 aromatic carbocycles. The molecular weight excluding hydrogens is 395 g/mol. The molecule has 2 aromatic heterocycles. The molecule has 3 aromatic rings. The van der Waals surface area contributed by atoms with Gasteiger partial charge >= 0.3 is 0 Å². The Labute approximate surface area is 182 Å². The predicted octanol–water partition coefficient (Wildman–Crippen LogP) is 4.36. The molecule has 0 unspecified atom stereocenters. The molecule has 0 radical (unpaired) electrons. The lowest BCUT2D eigenvalue weighted by molar-refractivity contribution is 0.0686. The van der Waals surface area contributed by atoms with Crippen LogP contribution in [-0.2, 0) is 19.9 Å². The van der Waals surface area contributed by atoms with Crippen LogP contribution in [0.2, 0.25) is 0 Å². The zero-order valence-electron chi connectivity index (χ0n) is 18.3. The Balaban J connectivity index is 1.43. The van der Waals surface area contributed by atoms with Gasteiger partial charge in [0.1, 0.15) is 17.3 Å². The van der Waals surface area contributed by atoms with Crippen LogP contribution in [0.4, 0.5) is 4.39 Å². The summed E-state index contributed by atoms with van der Waals surface area (Å²) in [6, 6.07) is 8.31. The van der Waals surface area contributed by atoms with Gasteiger partial charge in [0, 0.05) is 26.6 Å². The number of carbonyl (C=O) groups excluding carboxylic acids is 1. The molecule has 164 valence electrons. The molecule has 0 spiro atoms. The zero-order valence-corrected chi connectivity index (χ0v) is 18.3. The highest BCUT2D eigenvalue weighted by molar-refractivity contribution is 5.92. The van der Waals surface area contributed by atoms with Crippen LogP contribution in [0.3, 0.4) is 0 Å². The molecule has 0 bridgehead atoms. The molecule has 1 aliphatic heterocycles. The number of oxazole rings is 1. The molecule has 0 saturated carbocycles. The van der Waals surface area contributed by atoms with E-state index in [9.17, 15) is 9.18 Å². The Morgan fingerprint density at radius 2 is 2.06 bits per heavy atom. The number of nitrogens with zero attached hydrogens (tertiary/aromatic N) is 4. The first kappa shape index (κ1) is 21.3. The van der Waals surface area contributed by atoms with Crippen LogP contribution in [0.15, 0.2) is 40.9 Å². The first-order valence-corrected chi connectivity index (χ1v) is 10.9. The third-order valence-electron chi connectivity index (χ3n) is 5.69. The van der Waals surface area contributed by atoms with E-state index in [2.05, 4.69) is 23.9 Å². The van der Waals surface area contributed by atoms with Crippen molar-refractivity contribution in [2.75, 3.05) is 13.1 Å². The molecule has 6 nitrogen and oxygen atoms in total. The second kappa shape index (κ2) is 9.04. The smallest absolute Gasteiger partial charge is 0.272 e. The number of carbonyl (C=O) groups is 1. The van der Waals surface area contributed by atoms with Crippen LogP contribution in [0.1, 0.15) is 66.0 Å². The van der Waals surface area contributed by atoms with Gasteiger partial charge in [0.25, 0.3) is 5.91 Å². The van der Waals surface area contributed by atoms with E-state index in [1.165, 1.54) is 12.1 Å². The Morgan fingerprint density at radius 1 is 1.29 bits per heavy atom. The van der Waals surface area contributed by atoms with Crippen molar-refractivity contribution < 1.29 is 13.6 Å². The average molecular weight is 425 g/mol. The minimum absolute atomic E-state index is 0.00722. The van der Waals surface area contributed by atoms with Crippen molar-refractivity contribution in [2.24, 2.45) is 13.0 Å². The van der Waals surface area contributed by atoms with Gasteiger partial charge in [-0.2, -0.15) is 5.10 Å². The fraction of sp³-hybridized carbons (Fsp3) is 0.458. The van der Waals surface area contributed by atoms with Crippen molar-refractivity contribution in [2.45, 2.75) is 45.4 Å². The largest absolute Gasteiger partial charge is 0.445 e. The van der Waals surface area contributed by atoms with Gasteiger partial charge in [0.15, 0.2) is 5.89 Å². The highest BCUT2D eigenvalue weighted by Gasteiger charge is 2.30. The van der Waals surface area contributed by atoms with Crippen molar-refractivity contribution in [1.82, 2.24) is 19.7 Å². The van der Waals surface area contributed by atoms with Crippen molar-refractivity contribution in [3.05, 3.63) is 70.9 Å². The number of piperidine rings is 1. The van der Waals surface area contributed by atoms with Gasteiger partial charge in [-0.25, -0.2) is 9.37 Å². The molecule has 7 heteroatoms. The maximum Gasteiger partial charge on any atom is 0.272 e. The number of aryl methyl sites for hydroxylation is 1. The lowest BCUT2D eigenvalue weighted by atomic mass is 9.97. The number of hydrogen-bond acceptors (Lipinski definition) is 4. The fourth-order valence-corrected chi connectivity index (χ4v) is 4.17. The third kappa shape index (κ3) is 5.03. The maximum atomic E-state index is 13.2. The van der Waals surface area contributed by atoms with E-state index >= 15 is 0 Å². The second-order valence-electron chi connectivity index (χ2n) is 8.80. The molecule has 31 heavy (non-hydrogen) atoms. The van der Waals surface area contributed by atoms with Crippen LogP contribution >= 0.6 is 0 Å². The minimum Gasteiger partial charge on any atom is -0.445 e. The monoisotopic (exact) mass is 424 g/mol. The number of hydrogen-bond donors (Lipinski definition) is 0. The summed E-state index contributed by atoms with van der Waals surface area (Å²) >= 11 is 0. The molecule has 1 fully saturated rings. The van der Waals surface area contributed by atoms with Gasteiger partial charge in [-0.15, -0.1) is 0 Å². The average Bonchev–Trinajstić information content (AvgIpc) is 3.35. The Morgan fingerprint density at radius 3 is 2.81 bits per heavy atom. The van der Waals surface area contributed by atoms with Crippen molar-refractivity contribution in [3.8, 4) is 0 Å². The number of rotatable bonds is 6. The number of halogens is 1. The highest BCUT2D eigenvalue weighted by atomic mass is 19.1. The van der Waals surface area contributed by atoms with E-state index in [4.69, 9.17) is 4.42 Å². The quantitative estimate of drug-likeness (QED) is 0.590. The van der Waals surface area contributed by atoms with Gasteiger partial charge in [-0.1, -0.05) is 26.0 Å². The summed E-state index contributed by atoms with van der Waals surface area (Å²) in [5.74, 6) is 1.73. The van der Waals surface area contributed by atoms with Crippen molar-refractivity contribution >= 4 is 5.91 Å². The number of aromatic nitrogens is 3. The second-order valence-corrected chi connectivity index (χ2v) is 8.80. The lowest BCUT2D eigenvalue weighted by Crippen LogP contribution is -2.40. The maximum absolute atomic E-state index is 13.2. The molecule has 1 aliphatic rings. The molecule has 3 heterocycles. The van der Waals surface area contributed by atoms with Crippen molar-refractivity contribution in [3.63, 3.8) is 0 Å². The van der Waals surface area contributed by atoms with Gasteiger partial charge in [-0.05, 0) is 48.9 Å². The summed E-state index contributed by atoms with van der Waals surface area (Å²) in [6.45, 7) is 5.60. The Kier molecular flexibility index (Phi) is 6.20. The predicted molar refractivity (Wildman–Crippen MR) is 115 cm³/mol. The molecule has 1 saturated heterocycles. The molecular formula is C24H29FN4O2. The first-order chi connectivity index (χ1) is 14.9. The van der Waals surface area contributed by atoms with E-state index in [0.717, 1.165) is 42.8 Å². The van der Waals surface area contributed by atoms with Gasteiger partial charge in [0.2, 0.25) is 0 Å². The Hall–Kier alpha value is -2.96. The molecule has 1 atom stereocenters. The summed E-state index contributed by atoms with van der Waals surface area (Å²) < 4.78 is 20.8. The SMILES string of the molecule is CC(C)Cc1cc(C(=O)N2CCC[C@H](c3ncc(Cc4ccc(F)cc4)o3)C2)n(C)n1. The molecule has 1 amide bonds. The normalized spacial score (nSPS) is 16.8. The lowest BCUT2D eigenvalue weighted by Gasteiger charge is -2.31. The number of likely N-dealkylation sites (tertiary alicyclic amines) is 1. The fourth-order valence-electron chi connectivity index (χ4n) is 4.17. The molecule has 0 N–H and O–H groups in total. The van der Waals surface area contributed by atoms with Gasteiger partial charge in [-0.3, -0.25) is 9.48 Å². The van der Waals surface area contributed by atoms with Crippen LogP contribution < -0.4 is 0 Å². The summed E-state index contributed by atoms with van der Waals surface area (Å²) in [7, 11) is 1.83. The summed E-state index contributed by atoms with van der Waals surface area (Å²) in [5, 5.41) is 4.51. The van der Waals surface area contributed by atoms with Gasteiger partial charge in [0.05, 0.1) is 17.8 Å². The number of amides is 1. The van der Waals surface area contributed by atoms with Gasteiger partial charge < -0.3 is 9.32 Å². The Bertz CT molecular complexity index is 1040. The minimum atomic E-state index is -0.251. The standard InChI is InChI=1S/C24H29FN4O2/c1-16(2)11-20-13-22(28(3)27-20)24(30)29-10-4-5-18(15-29)23-26-14-21(31-23)12-17-6-8-19(25)9-7-17/h6-9,13-14,16,18H,4-5,10-12,15H2,1-3H3/t18-/m0/s1. The van der Waals surface area contributed by atoms with Crippen molar-refractivity contribution in [1.29, 1.82) is 0 Å². The topological polar surface area (TPSA) is 64.2 Å². The third-order valence-corrected chi connectivity index (χ3v) is 5.69. The van der Waals surface area contributed by atoms with E-state index in [-0.39, 0.29) is 17.6 Å². The van der Waals surface area contributed by atoms with E-state index < -0.39 is 0 Å². The van der Waals surface area contributed by atoms with Crippen LogP contribution in [0.25, 0.3) is 0 Å². The van der Waals surface area contributed by atoms with E-state index in [1.54, 1.807) is 23.0 Å². The summed E-state index contributed by atoms with van der Waals surface area (Å²) in [5.41, 5.74) is 2.55. The first-order valence-electron chi connectivity index (χ1n) is 10.9.